The van der Waals surface area contributed by atoms with Gasteiger partial charge in [-0.2, -0.15) is 0 Å². The van der Waals surface area contributed by atoms with Crippen LogP contribution in [0.15, 0.2) is 47.5 Å². The van der Waals surface area contributed by atoms with Crippen LogP contribution >= 0.6 is 27.5 Å². The lowest BCUT2D eigenvalue weighted by molar-refractivity contribution is 0.465. The molecule has 0 saturated heterocycles. The maximum atomic E-state index is 6.13. The number of halogens is 2. The maximum absolute atomic E-state index is 6.13. The molecule has 4 nitrogen and oxygen atoms in total. The van der Waals surface area contributed by atoms with Crippen LogP contribution < -0.4 is 4.74 Å². The largest absolute Gasteiger partial charge is 0.437 e. The third kappa shape index (κ3) is 2.52. The van der Waals surface area contributed by atoms with E-state index in [0.29, 0.717) is 26.8 Å². The number of fused-ring (bicyclic) bond motifs is 1. The van der Waals surface area contributed by atoms with E-state index in [0.717, 1.165) is 5.39 Å². The van der Waals surface area contributed by atoms with Gasteiger partial charge in [-0.3, -0.25) is 4.98 Å². The van der Waals surface area contributed by atoms with Crippen molar-refractivity contribution in [2.75, 3.05) is 0 Å². The minimum atomic E-state index is 0.441. The number of hydrogen-bond donors (Lipinski definition) is 0. The molecule has 0 unspecified atom stereocenters. The molecule has 0 radical (unpaired) electrons. The minimum absolute atomic E-state index is 0.441. The zero-order chi connectivity index (χ0) is 13.2. The molecule has 0 aliphatic carbocycles. The van der Waals surface area contributed by atoms with Crippen LogP contribution in [-0.4, -0.2) is 15.0 Å². The number of nitrogens with zero attached hydrogens (tertiary/aromatic N) is 3. The Labute approximate surface area is 122 Å². The maximum Gasteiger partial charge on any atom is 0.223 e. The Balaban J connectivity index is 2.09. The lowest BCUT2D eigenvalue weighted by Gasteiger charge is -2.08. The van der Waals surface area contributed by atoms with Crippen molar-refractivity contribution in [3.63, 3.8) is 0 Å². The molecule has 2 aromatic heterocycles. The van der Waals surface area contributed by atoms with E-state index in [2.05, 4.69) is 30.9 Å². The second kappa shape index (κ2) is 5.11. The molecular formula is C13H7BrClN3O. The standard InChI is InChI=1S/C13H7BrClN3O/c14-11-6-12(18-7-17-11)19-10-4-3-9(15)8-2-1-5-16-13(8)10/h1-7H. The van der Waals surface area contributed by atoms with Crippen LogP contribution in [0.4, 0.5) is 0 Å². The second-order valence-corrected chi connectivity index (χ2v) is 4.95. The average molecular weight is 337 g/mol. The van der Waals surface area contributed by atoms with Crippen molar-refractivity contribution in [1.82, 2.24) is 15.0 Å². The smallest absolute Gasteiger partial charge is 0.223 e. The van der Waals surface area contributed by atoms with Gasteiger partial charge in [0.05, 0.1) is 5.02 Å². The predicted octanol–water partition coefficient (Wildman–Crippen LogP) is 4.23. The highest BCUT2D eigenvalue weighted by atomic mass is 79.9. The summed E-state index contributed by atoms with van der Waals surface area (Å²) in [6.07, 6.45) is 3.12. The van der Waals surface area contributed by atoms with Crippen LogP contribution in [0.1, 0.15) is 0 Å². The molecule has 0 saturated carbocycles. The quantitative estimate of drug-likeness (QED) is 0.657. The third-order valence-electron chi connectivity index (χ3n) is 2.50. The molecule has 0 bridgehead atoms. The van der Waals surface area contributed by atoms with E-state index in [4.69, 9.17) is 16.3 Å². The molecule has 6 heteroatoms. The van der Waals surface area contributed by atoms with Crippen LogP contribution in [0.3, 0.4) is 0 Å². The van der Waals surface area contributed by atoms with Gasteiger partial charge in [0.2, 0.25) is 5.88 Å². The Morgan fingerprint density at radius 1 is 1.11 bits per heavy atom. The van der Waals surface area contributed by atoms with Crippen LogP contribution in [-0.2, 0) is 0 Å². The highest BCUT2D eigenvalue weighted by molar-refractivity contribution is 9.10. The molecule has 0 fully saturated rings. The van der Waals surface area contributed by atoms with Gasteiger partial charge < -0.3 is 4.74 Å². The predicted molar refractivity (Wildman–Crippen MR) is 76.6 cm³/mol. The molecular weight excluding hydrogens is 330 g/mol. The first-order valence-corrected chi connectivity index (χ1v) is 6.60. The fourth-order valence-electron chi connectivity index (χ4n) is 1.68. The van der Waals surface area contributed by atoms with E-state index < -0.39 is 0 Å². The van der Waals surface area contributed by atoms with E-state index >= 15 is 0 Å². The fraction of sp³-hybridized carbons (Fsp3) is 0. The van der Waals surface area contributed by atoms with Gasteiger partial charge in [0, 0.05) is 17.6 Å². The van der Waals surface area contributed by atoms with Crippen molar-refractivity contribution in [1.29, 1.82) is 0 Å². The zero-order valence-corrected chi connectivity index (χ0v) is 11.9. The molecule has 3 aromatic rings. The number of pyridine rings is 1. The molecule has 94 valence electrons. The van der Waals surface area contributed by atoms with Crippen molar-refractivity contribution in [2.24, 2.45) is 0 Å². The van der Waals surface area contributed by atoms with Gasteiger partial charge in [-0.1, -0.05) is 11.6 Å². The number of hydrogen-bond acceptors (Lipinski definition) is 4. The lowest BCUT2D eigenvalue weighted by Crippen LogP contribution is -1.91. The van der Waals surface area contributed by atoms with Crippen molar-refractivity contribution >= 4 is 38.4 Å². The summed E-state index contributed by atoms with van der Waals surface area (Å²) >= 11 is 9.40. The first kappa shape index (κ1) is 12.3. The molecule has 0 aliphatic rings. The summed E-state index contributed by atoms with van der Waals surface area (Å²) in [4.78, 5) is 12.3. The molecule has 0 N–H and O–H groups in total. The van der Waals surface area contributed by atoms with Crippen molar-refractivity contribution < 1.29 is 4.74 Å². The summed E-state index contributed by atoms with van der Waals surface area (Å²) < 4.78 is 6.38. The van der Waals surface area contributed by atoms with E-state index in [1.807, 2.05) is 12.1 Å². The van der Waals surface area contributed by atoms with Gasteiger partial charge in [0.25, 0.3) is 0 Å². The zero-order valence-electron chi connectivity index (χ0n) is 9.55. The summed E-state index contributed by atoms with van der Waals surface area (Å²) in [5.41, 5.74) is 0.699. The molecule has 3 rings (SSSR count). The molecule has 1 aromatic carbocycles. The topological polar surface area (TPSA) is 47.9 Å². The summed E-state index contributed by atoms with van der Waals surface area (Å²) in [6, 6.07) is 8.96. The van der Waals surface area contributed by atoms with Crippen molar-refractivity contribution in [2.45, 2.75) is 0 Å². The second-order valence-electron chi connectivity index (χ2n) is 3.73. The first-order valence-electron chi connectivity index (χ1n) is 5.43. The van der Waals surface area contributed by atoms with E-state index in [-0.39, 0.29) is 0 Å². The van der Waals surface area contributed by atoms with Crippen LogP contribution in [0, 0.1) is 0 Å². The van der Waals surface area contributed by atoms with Crippen molar-refractivity contribution in [3.05, 3.63) is 52.5 Å². The third-order valence-corrected chi connectivity index (χ3v) is 3.27. The molecule has 0 spiro atoms. The van der Waals surface area contributed by atoms with E-state index in [1.54, 1.807) is 24.4 Å². The Hall–Kier alpha value is -1.72. The van der Waals surface area contributed by atoms with Crippen LogP contribution in [0.5, 0.6) is 11.6 Å². The highest BCUT2D eigenvalue weighted by Crippen LogP contribution is 2.32. The lowest BCUT2D eigenvalue weighted by atomic mass is 10.2. The number of benzene rings is 1. The van der Waals surface area contributed by atoms with E-state index in [1.165, 1.54) is 6.33 Å². The van der Waals surface area contributed by atoms with Gasteiger partial charge in [-0.15, -0.1) is 0 Å². The monoisotopic (exact) mass is 335 g/mol. The average Bonchev–Trinajstić information content (AvgIpc) is 2.42. The Kier molecular flexibility index (Phi) is 3.31. The van der Waals surface area contributed by atoms with Crippen molar-refractivity contribution in [3.8, 4) is 11.6 Å². The number of rotatable bonds is 2. The van der Waals surface area contributed by atoms with E-state index in [9.17, 15) is 0 Å². The SMILES string of the molecule is Clc1ccc(Oc2cc(Br)ncn2)c2ncccc12. The van der Waals surface area contributed by atoms with Gasteiger partial charge in [-0.05, 0) is 40.2 Å². The van der Waals surface area contributed by atoms with Gasteiger partial charge in [0.15, 0.2) is 5.75 Å². The van der Waals surface area contributed by atoms with Crippen LogP contribution in [0.25, 0.3) is 10.9 Å². The molecule has 0 atom stereocenters. The Morgan fingerprint density at radius 3 is 2.84 bits per heavy atom. The molecule has 0 amide bonds. The minimum Gasteiger partial charge on any atom is -0.437 e. The number of ether oxygens (including phenoxy) is 1. The normalized spacial score (nSPS) is 10.6. The summed E-state index contributed by atoms with van der Waals surface area (Å²) in [5, 5.41) is 1.48. The molecule has 0 aliphatic heterocycles. The Bertz CT molecular complexity index is 751. The highest BCUT2D eigenvalue weighted by Gasteiger charge is 2.08. The molecule has 19 heavy (non-hydrogen) atoms. The van der Waals surface area contributed by atoms with Gasteiger partial charge >= 0.3 is 0 Å². The summed E-state index contributed by atoms with van der Waals surface area (Å²) in [5.74, 6) is 1.04. The fourth-order valence-corrected chi connectivity index (χ4v) is 2.18. The van der Waals surface area contributed by atoms with Gasteiger partial charge in [-0.25, -0.2) is 9.97 Å². The summed E-state index contributed by atoms with van der Waals surface area (Å²) in [6.45, 7) is 0. The Morgan fingerprint density at radius 2 is 2.00 bits per heavy atom. The van der Waals surface area contributed by atoms with Gasteiger partial charge in [0.1, 0.15) is 16.4 Å². The first-order chi connectivity index (χ1) is 9.24. The summed E-state index contributed by atoms with van der Waals surface area (Å²) in [7, 11) is 0. The molecule has 2 heterocycles. The van der Waals surface area contributed by atoms with Crippen LogP contribution in [0.2, 0.25) is 5.02 Å². The number of aromatic nitrogens is 3.